The topological polar surface area (TPSA) is 81.1 Å². The Kier molecular flexibility index (Phi) is 7.67. The van der Waals surface area contributed by atoms with E-state index in [1.165, 1.54) is 0 Å². The van der Waals surface area contributed by atoms with Crippen molar-refractivity contribution in [2.24, 2.45) is 0 Å². The lowest BCUT2D eigenvalue weighted by atomic mass is 10.0. The van der Waals surface area contributed by atoms with Crippen molar-refractivity contribution in [1.29, 1.82) is 0 Å². The number of oxazole rings is 1. The quantitative estimate of drug-likeness (QED) is 0.161. The number of aromatic nitrogens is 4. The Morgan fingerprint density at radius 1 is 0.421 bits per heavy atom. The van der Waals surface area contributed by atoms with E-state index >= 15 is 0 Å². The maximum Gasteiger partial charge on any atom is 0.227 e. The fourth-order valence-electron chi connectivity index (χ4n) is 7.58. The van der Waals surface area contributed by atoms with Crippen LogP contribution in [0.3, 0.4) is 0 Å². The molecule has 0 amide bonds. The van der Waals surface area contributed by atoms with Crippen LogP contribution in [0.25, 0.3) is 89.2 Å². The summed E-state index contributed by atoms with van der Waals surface area (Å²) < 4.78 is 12.1. The fraction of sp³-hybridized carbons (Fsp3) is 0. The zero-order valence-electron chi connectivity index (χ0n) is 30.5. The number of fused-ring (bicyclic) bond motifs is 5. The average molecular weight is 734 g/mol. The number of para-hydroxylation sites is 3. The van der Waals surface area contributed by atoms with Gasteiger partial charge < -0.3 is 13.7 Å². The van der Waals surface area contributed by atoms with E-state index in [9.17, 15) is 0 Å². The molecule has 0 aliphatic carbocycles. The lowest BCUT2D eigenvalue weighted by Crippen LogP contribution is -2.09. The first-order valence-corrected chi connectivity index (χ1v) is 18.8. The van der Waals surface area contributed by atoms with Crippen molar-refractivity contribution in [2.45, 2.75) is 0 Å². The van der Waals surface area contributed by atoms with Crippen LogP contribution in [0.15, 0.2) is 197 Å². The molecule has 268 valence electrons. The highest BCUT2D eigenvalue weighted by atomic mass is 16.3. The number of anilines is 3. The lowest BCUT2D eigenvalue weighted by Gasteiger charge is -2.26. The number of furan rings is 1. The van der Waals surface area contributed by atoms with Gasteiger partial charge in [-0.25, -0.2) is 9.97 Å². The molecule has 0 unspecified atom stereocenters. The minimum absolute atomic E-state index is 0.589. The Balaban J connectivity index is 0.980. The van der Waals surface area contributed by atoms with Gasteiger partial charge in [-0.3, -0.25) is 9.97 Å². The molecule has 7 heteroatoms. The van der Waals surface area contributed by atoms with Crippen LogP contribution in [0.4, 0.5) is 17.1 Å². The Morgan fingerprint density at radius 2 is 1.07 bits per heavy atom. The predicted molar refractivity (Wildman–Crippen MR) is 229 cm³/mol. The lowest BCUT2D eigenvalue weighted by molar-refractivity contribution is 0.620. The molecule has 5 heterocycles. The molecular formula is C50H31N5O2. The molecule has 5 aromatic heterocycles. The molecule has 7 nitrogen and oxygen atoms in total. The predicted octanol–water partition coefficient (Wildman–Crippen LogP) is 13.2. The largest absolute Gasteiger partial charge is 0.454 e. The maximum atomic E-state index is 6.10. The van der Waals surface area contributed by atoms with Crippen LogP contribution in [-0.2, 0) is 0 Å². The van der Waals surface area contributed by atoms with Gasteiger partial charge in [-0.15, -0.1) is 0 Å². The molecule has 0 aliphatic rings. The third kappa shape index (κ3) is 5.86. The van der Waals surface area contributed by atoms with Gasteiger partial charge in [0.25, 0.3) is 0 Å². The van der Waals surface area contributed by atoms with E-state index in [1.54, 1.807) is 0 Å². The minimum atomic E-state index is 0.589. The molecule has 0 saturated heterocycles. The third-order valence-electron chi connectivity index (χ3n) is 10.4. The number of hydrogen-bond donors (Lipinski definition) is 0. The van der Waals surface area contributed by atoms with Gasteiger partial charge in [0.15, 0.2) is 11.2 Å². The van der Waals surface area contributed by atoms with Gasteiger partial charge in [-0.05, 0) is 84.9 Å². The van der Waals surface area contributed by atoms with Crippen LogP contribution in [0, 0.1) is 0 Å². The number of benzene rings is 6. The summed E-state index contributed by atoms with van der Waals surface area (Å²) in [5.74, 6) is 0.589. The normalized spacial score (nSPS) is 11.5. The van der Waals surface area contributed by atoms with Crippen molar-refractivity contribution in [3.05, 3.63) is 188 Å². The number of rotatable bonds is 7. The molecular weight excluding hydrogens is 703 g/mol. The highest BCUT2D eigenvalue weighted by Gasteiger charge is 2.17. The summed E-state index contributed by atoms with van der Waals surface area (Å²) in [5.41, 5.74) is 13.7. The van der Waals surface area contributed by atoms with E-state index in [0.29, 0.717) is 5.89 Å². The van der Waals surface area contributed by atoms with Crippen molar-refractivity contribution in [2.75, 3.05) is 4.90 Å². The molecule has 11 rings (SSSR count). The first-order chi connectivity index (χ1) is 28.2. The standard InChI is InChI=1S/C50H31N5O2/c1-2-9-34(10-3-1)49-48-36(11-8-28-51-48)29-44(53-49)33-18-24-38(25-19-33)55(39-26-20-35(21-27-39)50-54-42-13-5-7-15-46(42)57-50)37-22-16-32(17-23-37)43-30-41-40-12-4-6-14-45(40)56-47(41)31-52-43/h1-31H. The second-order valence-corrected chi connectivity index (χ2v) is 13.9. The second kappa shape index (κ2) is 13.4. The summed E-state index contributed by atoms with van der Waals surface area (Å²) in [6.07, 6.45) is 3.64. The Hall–Kier alpha value is -7.90. The van der Waals surface area contributed by atoms with E-state index in [2.05, 4.69) is 114 Å². The summed E-state index contributed by atoms with van der Waals surface area (Å²) in [6.45, 7) is 0. The zero-order valence-corrected chi connectivity index (χ0v) is 30.5. The van der Waals surface area contributed by atoms with Gasteiger partial charge in [-0.1, -0.05) is 91.0 Å². The summed E-state index contributed by atoms with van der Waals surface area (Å²) in [7, 11) is 0. The minimum Gasteiger partial charge on any atom is -0.454 e. The summed E-state index contributed by atoms with van der Waals surface area (Å²) in [6, 6.07) is 59.9. The molecule has 0 saturated carbocycles. The number of pyridine rings is 3. The maximum absolute atomic E-state index is 6.10. The highest BCUT2D eigenvalue weighted by Crippen LogP contribution is 2.39. The highest BCUT2D eigenvalue weighted by molar-refractivity contribution is 6.05. The summed E-state index contributed by atoms with van der Waals surface area (Å²) in [4.78, 5) is 21.6. The molecule has 0 N–H and O–H groups in total. The molecule has 57 heavy (non-hydrogen) atoms. The van der Waals surface area contributed by atoms with Crippen molar-refractivity contribution < 1.29 is 8.83 Å². The van der Waals surface area contributed by atoms with Gasteiger partial charge in [0.05, 0.1) is 28.8 Å². The van der Waals surface area contributed by atoms with E-state index in [-0.39, 0.29) is 0 Å². The van der Waals surface area contributed by atoms with E-state index in [0.717, 1.165) is 100 Å². The molecule has 0 atom stereocenters. The van der Waals surface area contributed by atoms with Gasteiger partial charge in [0.2, 0.25) is 5.89 Å². The van der Waals surface area contributed by atoms with E-state index in [4.69, 9.17) is 28.8 Å². The molecule has 0 fully saturated rings. The smallest absolute Gasteiger partial charge is 0.227 e. The van der Waals surface area contributed by atoms with Gasteiger partial charge >= 0.3 is 0 Å². The van der Waals surface area contributed by atoms with Gasteiger partial charge in [-0.2, -0.15) is 0 Å². The molecule has 0 bridgehead atoms. The molecule has 11 aromatic rings. The van der Waals surface area contributed by atoms with Crippen LogP contribution in [0.1, 0.15) is 0 Å². The van der Waals surface area contributed by atoms with Gasteiger partial charge in [0, 0.05) is 61.7 Å². The van der Waals surface area contributed by atoms with Crippen LogP contribution in [0.2, 0.25) is 0 Å². The van der Waals surface area contributed by atoms with E-state index in [1.807, 2.05) is 79.1 Å². The molecule has 0 radical (unpaired) electrons. The van der Waals surface area contributed by atoms with Crippen molar-refractivity contribution >= 4 is 61.0 Å². The first-order valence-electron chi connectivity index (χ1n) is 18.8. The van der Waals surface area contributed by atoms with Crippen molar-refractivity contribution in [3.63, 3.8) is 0 Å². The average Bonchev–Trinajstić information content (AvgIpc) is 3.89. The van der Waals surface area contributed by atoms with E-state index < -0.39 is 0 Å². The van der Waals surface area contributed by atoms with Gasteiger partial charge in [0.1, 0.15) is 11.1 Å². The summed E-state index contributed by atoms with van der Waals surface area (Å²) >= 11 is 0. The molecule has 6 aromatic carbocycles. The van der Waals surface area contributed by atoms with Crippen molar-refractivity contribution in [1.82, 2.24) is 19.9 Å². The Labute approximate surface area is 327 Å². The monoisotopic (exact) mass is 733 g/mol. The zero-order chi connectivity index (χ0) is 37.7. The van der Waals surface area contributed by atoms with Crippen LogP contribution >= 0.6 is 0 Å². The van der Waals surface area contributed by atoms with Crippen molar-refractivity contribution in [3.8, 4) is 45.2 Å². The Morgan fingerprint density at radius 3 is 1.81 bits per heavy atom. The second-order valence-electron chi connectivity index (χ2n) is 13.9. The molecule has 0 spiro atoms. The third-order valence-corrected chi connectivity index (χ3v) is 10.4. The number of nitrogens with zero attached hydrogens (tertiary/aromatic N) is 5. The Bertz CT molecular complexity index is 3190. The number of hydrogen-bond acceptors (Lipinski definition) is 7. The van der Waals surface area contributed by atoms with Crippen LogP contribution in [0.5, 0.6) is 0 Å². The van der Waals surface area contributed by atoms with Crippen LogP contribution in [-0.4, -0.2) is 19.9 Å². The fourth-order valence-corrected chi connectivity index (χ4v) is 7.58. The van der Waals surface area contributed by atoms with Crippen LogP contribution < -0.4 is 4.90 Å². The molecule has 0 aliphatic heterocycles. The summed E-state index contributed by atoms with van der Waals surface area (Å²) in [5, 5.41) is 3.17. The SMILES string of the molecule is c1ccc(-c2nc(-c3ccc(N(c4ccc(-c5cc6c(cn5)oc5ccccc56)cc4)c4ccc(-c5nc6ccccc6o5)cc4)cc3)cc3cccnc23)cc1. The first kappa shape index (κ1) is 32.5.